The Hall–Kier alpha value is -2.24. The van der Waals surface area contributed by atoms with E-state index < -0.39 is 5.97 Å². The SMILES string of the molecule is COc1cc(OC)cc(C(=O)N(C)CCCC(=O)O)c1. The van der Waals surface area contributed by atoms with E-state index >= 15 is 0 Å². The van der Waals surface area contributed by atoms with Crippen molar-refractivity contribution in [2.24, 2.45) is 0 Å². The zero-order chi connectivity index (χ0) is 15.1. The first-order chi connectivity index (χ1) is 9.47. The lowest BCUT2D eigenvalue weighted by Gasteiger charge is -2.17. The third kappa shape index (κ3) is 4.46. The maximum absolute atomic E-state index is 12.2. The predicted octanol–water partition coefficient (Wildman–Crippen LogP) is 1.64. The van der Waals surface area contributed by atoms with E-state index in [-0.39, 0.29) is 12.3 Å². The highest BCUT2D eigenvalue weighted by Crippen LogP contribution is 2.23. The number of benzene rings is 1. The Bertz CT molecular complexity index is 464. The summed E-state index contributed by atoms with van der Waals surface area (Å²) in [6.45, 7) is 0.380. The molecule has 0 aliphatic carbocycles. The van der Waals surface area contributed by atoms with Gasteiger partial charge in [-0.3, -0.25) is 9.59 Å². The summed E-state index contributed by atoms with van der Waals surface area (Å²) in [5.41, 5.74) is 0.444. The zero-order valence-corrected chi connectivity index (χ0v) is 11.9. The largest absolute Gasteiger partial charge is 0.497 e. The predicted molar refractivity (Wildman–Crippen MR) is 73.4 cm³/mol. The Morgan fingerprint density at radius 2 is 1.70 bits per heavy atom. The van der Waals surface area contributed by atoms with E-state index in [1.54, 1.807) is 25.2 Å². The monoisotopic (exact) mass is 281 g/mol. The Kier molecular flexibility index (Phi) is 5.83. The Morgan fingerprint density at radius 1 is 1.15 bits per heavy atom. The van der Waals surface area contributed by atoms with Gasteiger partial charge < -0.3 is 19.5 Å². The molecule has 0 unspecified atom stereocenters. The summed E-state index contributed by atoms with van der Waals surface area (Å²) < 4.78 is 10.2. The molecule has 0 spiro atoms. The fraction of sp³-hybridized carbons (Fsp3) is 0.429. The highest BCUT2D eigenvalue weighted by Gasteiger charge is 2.14. The van der Waals surface area contributed by atoms with Crippen LogP contribution in [-0.2, 0) is 4.79 Å². The van der Waals surface area contributed by atoms with Gasteiger partial charge in [-0.15, -0.1) is 0 Å². The molecular weight excluding hydrogens is 262 g/mol. The first-order valence-corrected chi connectivity index (χ1v) is 6.18. The number of rotatable bonds is 7. The summed E-state index contributed by atoms with van der Waals surface area (Å²) in [6, 6.07) is 4.93. The van der Waals surface area contributed by atoms with Crippen molar-refractivity contribution >= 4 is 11.9 Å². The fourth-order valence-electron chi connectivity index (χ4n) is 1.72. The van der Waals surface area contributed by atoms with Gasteiger partial charge in [-0.05, 0) is 18.6 Å². The number of nitrogens with zero attached hydrogens (tertiary/aromatic N) is 1. The Balaban J connectivity index is 2.77. The van der Waals surface area contributed by atoms with Gasteiger partial charge in [0.15, 0.2) is 0 Å². The van der Waals surface area contributed by atoms with Crippen LogP contribution in [0.1, 0.15) is 23.2 Å². The van der Waals surface area contributed by atoms with Crippen LogP contribution >= 0.6 is 0 Å². The second-order valence-electron chi connectivity index (χ2n) is 4.33. The summed E-state index contributed by atoms with van der Waals surface area (Å²) in [4.78, 5) is 24.2. The molecule has 0 atom stereocenters. The van der Waals surface area contributed by atoms with Crippen molar-refractivity contribution in [3.8, 4) is 11.5 Å². The molecule has 0 heterocycles. The molecular formula is C14H19NO5. The fourth-order valence-corrected chi connectivity index (χ4v) is 1.72. The second-order valence-corrected chi connectivity index (χ2v) is 4.33. The molecule has 1 aromatic rings. The number of carboxylic acid groups (broad SMARTS) is 1. The minimum absolute atomic E-state index is 0.0407. The number of methoxy groups -OCH3 is 2. The molecule has 1 rings (SSSR count). The van der Waals surface area contributed by atoms with Gasteiger partial charge in [-0.1, -0.05) is 0 Å². The molecule has 20 heavy (non-hydrogen) atoms. The molecule has 0 aliphatic rings. The van der Waals surface area contributed by atoms with Crippen LogP contribution < -0.4 is 9.47 Å². The number of hydrogen-bond donors (Lipinski definition) is 1. The van der Waals surface area contributed by atoms with Crippen molar-refractivity contribution in [1.29, 1.82) is 0 Å². The summed E-state index contributed by atoms with van der Waals surface area (Å²) in [7, 11) is 4.66. The van der Waals surface area contributed by atoms with Crippen LogP contribution in [-0.4, -0.2) is 49.7 Å². The molecule has 0 saturated heterocycles. The Labute approximate surface area is 117 Å². The van der Waals surface area contributed by atoms with Gasteiger partial charge in [0, 0.05) is 31.6 Å². The van der Waals surface area contributed by atoms with Crippen molar-refractivity contribution in [1.82, 2.24) is 4.90 Å². The molecule has 0 fully saturated rings. The normalized spacial score (nSPS) is 9.95. The number of hydrogen-bond acceptors (Lipinski definition) is 4. The first-order valence-electron chi connectivity index (χ1n) is 6.18. The molecule has 6 heteroatoms. The molecule has 1 amide bonds. The number of amides is 1. The van der Waals surface area contributed by atoms with Crippen molar-refractivity contribution in [2.45, 2.75) is 12.8 Å². The first kappa shape index (κ1) is 15.8. The second kappa shape index (κ2) is 7.37. The van der Waals surface area contributed by atoms with E-state index in [0.29, 0.717) is 30.0 Å². The van der Waals surface area contributed by atoms with E-state index in [9.17, 15) is 9.59 Å². The van der Waals surface area contributed by atoms with Crippen molar-refractivity contribution in [3.05, 3.63) is 23.8 Å². The van der Waals surface area contributed by atoms with Crippen LogP contribution in [0, 0.1) is 0 Å². The van der Waals surface area contributed by atoms with E-state index in [4.69, 9.17) is 14.6 Å². The summed E-state index contributed by atoms with van der Waals surface area (Å²) in [5.74, 6) is -0.000223. The maximum atomic E-state index is 12.2. The molecule has 0 aromatic heterocycles. The lowest BCUT2D eigenvalue weighted by molar-refractivity contribution is -0.137. The van der Waals surface area contributed by atoms with Gasteiger partial charge in [-0.2, -0.15) is 0 Å². The topological polar surface area (TPSA) is 76.1 Å². The number of carbonyl (C=O) groups is 2. The number of aliphatic carboxylic acids is 1. The lowest BCUT2D eigenvalue weighted by atomic mass is 10.1. The lowest BCUT2D eigenvalue weighted by Crippen LogP contribution is -2.28. The van der Waals surface area contributed by atoms with Gasteiger partial charge in [0.2, 0.25) is 0 Å². The van der Waals surface area contributed by atoms with Gasteiger partial charge in [0.25, 0.3) is 5.91 Å². The molecule has 1 N–H and O–H groups in total. The van der Waals surface area contributed by atoms with Crippen LogP contribution in [0.2, 0.25) is 0 Å². The van der Waals surface area contributed by atoms with Gasteiger partial charge in [0.05, 0.1) is 14.2 Å². The third-order valence-electron chi connectivity index (χ3n) is 2.83. The average Bonchev–Trinajstić information content (AvgIpc) is 2.45. The van der Waals surface area contributed by atoms with Gasteiger partial charge >= 0.3 is 5.97 Å². The highest BCUT2D eigenvalue weighted by atomic mass is 16.5. The molecule has 6 nitrogen and oxygen atoms in total. The Morgan fingerprint density at radius 3 is 2.15 bits per heavy atom. The highest BCUT2D eigenvalue weighted by molar-refractivity contribution is 5.95. The molecule has 0 saturated carbocycles. The molecule has 0 bridgehead atoms. The van der Waals surface area contributed by atoms with E-state index in [2.05, 4.69) is 0 Å². The molecule has 110 valence electrons. The number of carbonyl (C=O) groups excluding carboxylic acids is 1. The van der Waals surface area contributed by atoms with E-state index in [1.807, 2.05) is 0 Å². The van der Waals surface area contributed by atoms with Crippen molar-refractivity contribution < 1.29 is 24.2 Å². The maximum Gasteiger partial charge on any atom is 0.303 e. The van der Waals surface area contributed by atoms with Gasteiger partial charge in [-0.25, -0.2) is 0 Å². The molecule has 0 aliphatic heterocycles. The third-order valence-corrected chi connectivity index (χ3v) is 2.83. The standard InChI is InChI=1S/C14H19NO5/c1-15(6-4-5-13(16)17)14(18)10-7-11(19-2)9-12(8-10)20-3/h7-9H,4-6H2,1-3H3,(H,16,17). The van der Waals surface area contributed by atoms with Crippen LogP contribution in [0.4, 0.5) is 0 Å². The summed E-state index contributed by atoms with van der Waals surface area (Å²) in [6.07, 6.45) is 0.456. The molecule has 1 aromatic carbocycles. The average molecular weight is 281 g/mol. The van der Waals surface area contributed by atoms with Crippen LogP contribution in [0.5, 0.6) is 11.5 Å². The summed E-state index contributed by atoms with van der Waals surface area (Å²) >= 11 is 0. The summed E-state index contributed by atoms with van der Waals surface area (Å²) in [5, 5.41) is 8.58. The molecule has 0 radical (unpaired) electrons. The van der Waals surface area contributed by atoms with E-state index in [0.717, 1.165) is 0 Å². The van der Waals surface area contributed by atoms with Gasteiger partial charge in [0.1, 0.15) is 11.5 Å². The number of carboxylic acids is 1. The zero-order valence-electron chi connectivity index (χ0n) is 11.9. The van der Waals surface area contributed by atoms with Crippen LogP contribution in [0.25, 0.3) is 0 Å². The van der Waals surface area contributed by atoms with Crippen molar-refractivity contribution in [3.63, 3.8) is 0 Å². The smallest absolute Gasteiger partial charge is 0.303 e. The van der Waals surface area contributed by atoms with Crippen LogP contribution in [0.15, 0.2) is 18.2 Å². The quantitative estimate of drug-likeness (QED) is 0.822. The van der Waals surface area contributed by atoms with Crippen LogP contribution in [0.3, 0.4) is 0 Å². The minimum Gasteiger partial charge on any atom is -0.497 e. The number of ether oxygens (including phenoxy) is 2. The van der Waals surface area contributed by atoms with E-state index in [1.165, 1.54) is 19.1 Å². The van der Waals surface area contributed by atoms with Crippen molar-refractivity contribution in [2.75, 3.05) is 27.8 Å². The minimum atomic E-state index is -0.867.